The fourth-order valence-corrected chi connectivity index (χ4v) is 5.57. The lowest BCUT2D eigenvalue weighted by Gasteiger charge is -2.25. The second-order valence-electron chi connectivity index (χ2n) is 10.3. The smallest absolute Gasteiger partial charge is 0.406 e. The van der Waals surface area contributed by atoms with Gasteiger partial charge in [-0.3, -0.25) is 9.98 Å². The van der Waals surface area contributed by atoms with Crippen molar-refractivity contribution in [2.75, 3.05) is 5.32 Å². The van der Waals surface area contributed by atoms with Gasteiger partial charge >= 0.3 is 6.36 Å². The van der Waals surface area contributed by atoms with Crippen LogP contribution in [0.4, 0.5) is 24.5 Å². The molecule has 40 heavy (non-hydrogen) atoms. The predicted molar refractivity (Wildman–Crippen MR) is 150 cm³/mol. The number of hydrogen-bond acceptors (Lipinski definition) is 5. The Balaban J connectivity index is 1.58. The van der Waals surface area contributed by atoms with Gasteiger partial charge in [0.2, 0.25) is 0 Å². The summed E-state index contributed by atoms with van der Waals surface area (Å²) in [5.41, 5.74) is 6.31. The normalized spacial score (nSPS) is 17.1. The van der Waals surface area contributed by atoms with Crippen LogP contribution in [0.5, 0.6) is 0 Å². The van der Waals surface area contributed by atoms with E-state index in [9.17, 15) is 13.2 Å². The molecule has 3 aliphatic carbocycles. The monoisotopic (exact) mass is 545 g/mol. The van der Waals surface area contributed by atoms with Gasteiger partial charge in [-0.25, -0.2) is 4.98 Å². The van der Waals surface area contributed by atoms with Crippen LogP contribution in [0, 0.1) is 6.92 Å². The molecular formula is C31H30F3N5O. The van der Waals surface area contributed by atoms with Crippen molar-refractivity contribution in [2.24, 2.45) is 4.99 Å². The lowest BCUT2D eigenvalue weighted by atomic mass is 9.96. The molecule has 9 heteroatoms. The van der Waals surface area contributed by atoms with Crippen molar-refractivity contribution < 1.29 is 17.9 Å². The summed E-state index contributed by atoms with van der Waals surface area (Å²) in [6.45, 7) is 1.95. The maximum Gasteiger partial charge on any atom is 0.573 e. The number of halogens is 3. The number of para-hydroxylation sites is 2. The van der Waals surface area contributed by atoms with Gasteiger partial charge in [0.1, 0.15) is 5.76 Å². The molecule has 0 bridgehead atoms. The summed E-state index contributed by atoms with van der Waals surface area (Å²) in [5.74, 6) is -0.201. The van der Waals surface area contributed by atoms with Crippen molar-refractivity contribution in [3.63, 3.8) is 0 Å². The number of pyridine rings is 1. The zero-order valence-corrected chi connectivity index (χ0v) is 22.2. The van der Waals surface area contributed by atoms with Crippen LogP contribution in [0.2, 0.25) is 0 Å². The number of aryl methyl sites for hydroxylation is 1. The first-order valence-electron chi connectivity index (χ1n) is 13.7. The predicted octanol–water partition coefficient (Wildman–Crippen LogP) is 7.88. The van der Waals surface area contributed by atoms with Crippen LogP contribution in [0.25, 0.3) is 28.1 Å². The lowest BCUT2D eigenvalue weighted by Crippen LogP contribution is -2.20. The SMILES string of the molecule is Cc1ncccc1Nc1cc2nc3ccccc3n(C3=CC(OC(F)(F)F)=CCC3)c-2c/c1=N\C1CCCCC1. The van der Waals surface area contributed by atoms with E-state index in [-0.39, 0.29) is 11.8 Å². The molecule has 4 aliphatic rings. The van der Waals surface area contributed by atoms with E-state index in [4.69, 9.17) is 9.98 Å². The van der Waals surface area contributed by atoms with E-state index in [2.05, 4.69) is 15.0 Å². The number of fused-ring (bicyclic) bond motifs is 2. The minimum absolute atomic E-state index is 0.201. The molecule has 6 rings (SSSR count). The summed E-state index contributed by atoms with van der Waals surface area (Å²) < 4.78 is 45.5. The first kappa shape index (κ1) is 26.1. The zero-order valence-electron chi connectivity index (χ0n) is 22.2. The standard InChI is InChI=1S/C31H30F3N5O/c1-20-24(14-8-16-35-20)37-26-18-28-30(19-27(26)36-21-9-3-2-4-10-21)39(29-15-6-5-13-25(29)38-28)22-11-7-12-23(17-22)40-31(32,33)34/h5-6,8,12-19,21,37H,2-4,7,9-11H2,1H3/b36-27+. The van der Waals surface area contributed by atoms with E-state index in [1.807, 2.05) is 60.0 Å². The van der Waals surface area contributed by atoms with Crippen molar-refractivity contribution in [2.45, 2.75) is 64.3 Å². The molecule has 2 aromatic rings. The van der Waals surface area contributed by atoms with Gasteiger partial charge in [-0.15, -0.1) is 13.2 Å². The molecule has 1 N–H and O–H groups in total. The topological polar surface area (TPSA) is 64.3 Å². The van der Waals surface area contributed by atoms with Gasteiger partial charge in [0.05, 0.1) is 50.9 Å². The highest BCUT2D eigenvalue weighted by Gasteiger charge is 2.32. The van der Waals surface area contributed by atoms with Crippen molar-refractivity contribution in [3.05, 3.63) is 83.7 Å². The minimum atomic E-state index is -4.76. The number of ether oxygens (including phenoxy) is 1. The zero-order chi connectivity index (χ0) is 27.7. The summed E-state index contributed by atoms with van der Waals surface area (Å²) in [4.78, 5) is 14.6. The Morgan fingerprint density at radius 3 is 2.65 bits per heavy atom. The Morgan fingerprint density at radius 2 is 1.85 bits per heavy atom. The first-order valence-corrected chi connectivity index (χ1v) is 13.7. The largest absolute Gasteiger partial charge is 0.573 e. The molecule has 1 aromatic carbocycles. The molecule has 1 aliphatic heterocycles. The van der Waals surface area contributed by atoms with E-state index in [0.29, 0.717) is 24.2 Å². The van der Waals surface area contributed by atoms with E-state index in [1.165, 1.54) is 18.6 Å². The number of nitrogens with one attached hydrogen (secondary N) is 1. The molecule has 6 nitrogen and oxygen atoms in total. The number of aromatic nitrogens is 3. The number of anilines is 2. The fourth-order valence-electron chi connectivity index (χ4n) is 5.57. The average Bonchev–Trinajstić information content (AvgIpc) is 2.93. The molecule has 0 amide bonds. The van der Waals surface area contributed by atoms with Gasteiger partial charge in [0.25, 0.3) is 0 Å². The minimum Gasteiger partial charge on any atom is -0.406 e. The molecule has 0 spiro atoms. The van der Waals surface area contributed by atoms with Crippen LogP contribution in [0.15, 0.2) is 77.6 Å². The second-order valence-corrected chi connectivity index (χ2v) is 10.3. The summed E-state index contributed by atoms with van der Waals surface area (Å²) in [6, 6.07) is 15.7. The molecule has 2 heterocycles. The number of allylic oxidation sites excluding steroid dienone is 3. The van der Waals surface area contributed by atoms with Gasteiger partial charge in [-0.1, -0.05) is 31.4 Å². The van der Waals surface area contributed by atoms with Crippen LogP contribution in [0.1, 0.15) is 50.6 Å². The number of nitrogens with zero attached hydrogens (tertiary/aromatic N) is 4. The van der Waals surface area contributed by atoms with Gasteiger partial charge in [-0.2, -0.15) is 0 Å². The third kappa shape index (κ3) is 5.59. The molecular weight excluding hydrogens is 515 g/mol. The molecule has 0 radical (unpaired) electrons. The maximum absolute atomic E-state index is 13.1. The molecule has 1 aromatic heterocycles. The number of hydrogen-bond donors (Lipinski definition) is 1. The van der Waals surface area contributed by atoms with Crippen molar-refractivity contribution in [1.29, 1.82) is 0 Å². The molecule has 206 valence electrons. The van der Waals surface area contributed by atoms with E-state index < -0.39 is 6.36 Å². The number of alkyl halides is 3. The van der Waals surface area contributed by atoms with Crippen LogP contribution in [-0.4, -0.2) is 26.9 Å². The Bertz CT molecular complexity index is 1650. The first-order chi connectivity index (χ1) is 19.3. The van der Waals surface area contributed by atoms with Crippen LogP contribution < -0.4 is 10.7 Å². The van der Waals surface area contributed by atoms with Crippen LogP contribution >= 0.6 is 0 Å². The van der Waals surface area contributed by atoms with Crippen molar-refractivity contribution in [3.8, 4) is 11.4 Å². The molecule has 1 saturated carbocycles. The summed E-state index contributed by atoms with van der Waals surface area (Å²) >= 11 is 0. The van der Waals surface area contributed by atoms with Crippen molar-refractivity contribution in [1.82, 2.24) is 14.5 Å². The Morgan fingerprint density at radius 1 is 1.02 bits per heavy atom. The molecule has 1 fully saturated rings. The van der Waals surface area contributed by atoms with Gasteiger partial charge < -0.3 is 14.6 Å². The Kier molecular flexibility index (Phi) is 7.04. The van der Waals surface area contributed by atoms with Crippen LogP contribution in [-0.2, 0) is 4.74 Å². The summed E-state index contributed by atoms with van der Waals surface area (Å²) in [6.07, 6.45) is 6.55. The highest BCUT2D eigenvalue weighted by Crippen LogP contribution is 2.35. The van der Waals surface area contributed by atoms with Gasteiger partial charge in [0.15, 0.2) is 0 Å². The van der Waals surface area contributed by atoms with Gasteiger partial charge in [0, 0.05) is 18.0 Å². The third-order valence-electron chi connectivity index (χ3n) is 7.45. The average molecular weight is 546 g/mol. The molecule has 0 unspecified atom stereocenters. The molecule has 0 atom stereocenters. The number of benzene rings is 2. The summed E-state index contributed by atoms with van der Waals surface area (Å²) in [7, 11) is 0. The Hall–Kier alpha value is -4.14. The number of rotatable bonds is 5. The van der Waals surface area contributed by atoms with E-state index in [0.717, 1.165) is 64.8 Å². The van der Waals surface area contributed by atoms with Gasteiger partial charge in [-0.05, 0) is 75.1 Å². The summed E-state index contributed by atoms with van der Waals surface area (Å²) in [5, 5.41) is 4.33. The van der Waals surface area contributed by atoms with E-state index in [1.54, 1.807) is 6.20 Å². The second kappa shape index (κ2) is 10.8. The highest BCUT2D eigenvalue weighted by atomic mass is 19.4. The lowest BCUT2D eigenvalue weighted by molar-refractivity contribution is -0.303. The van der Waals surface area contributed by atoms with Crippen LogP contribution in [0.3, 0.4) is 0 Å². The highest BCUT2D eigenvalue weighted by molar-refractivity contribution is 5.86. The maximum atomic E-state index is 13.1. The third-order valence-corrected chi connectivity index (χ3v) is 7.45. The Labute approximate surface area is 230 Å². The quantitative estimate of drug-likeness (QED) is 0.259. The van der Waals surface area contributed by atoms with Crippen molar-refractivity contribution >= 4 is 28.1 Å². The molecule has 0 saturated heterocycles. The fraction of sp³-hybridized carbons (Fsp3) is 0.323. The van der Waals surface area contributed by atoms with E-state index >= 15 is 0 Å².